The van der Waals surface area contributed by atoms with Crippen LogP contribution in [0.2, 0.25) is 0 Å². The lowest BCUT2D eigenvalue weighted by molar-refractivity contribution is -0.0305. The normalized spacial score (nSPS) is 28.5. The molecule has 0 aliphatic heterocycles. The Kier molecular flexibility index (Phi) is 6.37. The van der Waals surface area contributed by atoms with Crippen molar-refractivity contribution >= 4 is 0 Å². The summed E-state index contributed by atoms with van der Waals surface area (Å²) in [6.07, 6.45) is 5.75. The van der Waals surface area contributed by atoms with Crippen LogP contribution < -0.4 is 5.32 Å². The zero-order chi connectivity index (χ0) is 12.0. The predicted molar refractivity (Wildman–Crippen MR) is 69.7 cm³/mol. The molecule has 0 heterocycles. The summed E-state index contributed by atoms with van der Waals surface area (Å²) in [5, 5.41) is 3.64. The van der Waals surface area contributed by atoms with Gasteiger partial charge in [-0.2, -0.15) is 0 Å². The van der Waals surface area contributed by atoms with Crippen LogP contribution in [0, 0.1) is 11.8 Å². The molecule has 0 aromatic carbocycles. The van der Waals surface area contributed by atoms with Gasteiger partial charge in [0.15, 0.2) is 0 Å². The van der Waals surface area contributed by atoms with Crippen LogP contribution in [-0.2, 0) is 4.74 Å². The Morgan fingerprint density at radius 3 is 2.44 bits per heavy atom. The summed E-state index contributed by atoms with van der Waals surface area (Å²) in [5.74, 6) is 1.70. The standard InChI is InChI=1S/C14H29NO/c1-5-11(4)14(15-6-2)10-12-8-13(9-12)16-7-3/h11-15H,5-10H2,1-4H3. The van der Waals surface area contributed by atoms with Crippen LogP contribution >= 0.6 is 0 Å². The van der Waals surface area contributed by atoms with Crippen molar-refractivity contribution < 1.29 is 4.74 Å². The number of rotatable bonds is 8. The van der Waals surface area contributed by atoms with E-state index in [1.165, 1.54) is 25.7 Å². The van der Waals surface area contributed by atoms with Gasteiger partial charge in [-0.15, -0.1) is 0 Å². The first-order valence-corrected chi connectivity index (χ1v) is 7.06. The van der Waals surface area contributed by atoms with Crippen molar-refractivity contribution in [3.05, 3.63) is 0 Å². The lowest BCUT2D eigenvalue weighted by Crippen LogP contribution is -2.41. The highest BCUT2D eigenvalue weighted by molar-refractivity contribution is 4.85. The summed E-state index contributed by atoms with van der Waals surface area (Å²) in [5.41, 5.74) is 0. The summed E-state index contributed by atoms with van der Waals surface area (Å²) in [7, 11) is 0. The van der Waals surface area contributed by atoms with Gasteiger partial charge in [-0.3, -0.25) is 0 Å². The zero-order valence-corrected chi connectivity index (χ0v) is 11.5. The number of nitrogens with one attached hydrogen (secondary N) is 1. The lowest BCUT2D eigenvalue weighted by Gasteiger charge is -2.38. The van der Waals surface area contributed by atoms with Gasteiger partial charge in [-0.05, 0) is 44.6 Å². The monoisotopic (exact) mass is 227 g/mol. The van der Waals surface area contributed by atoms with E-state index in [4.69, 9.17) is 4.74 Å². The molecule has 1 saturated carbocycles. The summed E-state index contributed by atoms with van der Waals surface area (Å²) in [6, 6.07) is 0.711. The highest BCUT2D eigenvalue weighted by Crippen LogP contribution is 2.34. The molecule has 2 heteroatoms. The zero-order valence-electron chi connectivity index (χ0n) is 11.5. The van der Waals surface area contributed by atoms with Gasteiger partial charge < -0.3 is 10.1 Å². The third kappa shape index (κ3) is 4.06. The fraction of sp³-hybridized carbons (Fsp3) is 1.00. The number of hydrogen-bond acceptors (Lipinski definition) is 2. The van der Waals surface area contributed by atoms with E-state index in [2.05, 4.69) is 33.0 Å². The van der Waals surface area contributed by atoms with Crippen LogP contribution in [0.25, 0.3) is 0 Å². The van der Waals surface area contributed by atoms with Crippen molar-refractivity contribution in [3.63, 3.8) is 0 Å². The Balaban J connectivity index is 2.23. The van der Waals surface area contributed by atoms with Crippen LogP contribution in [0.1, 0.15) is 53.4 Å². The van der Waals surface area contributed by atoms with E-state index < -0.39 is 0 Å². The lowest BCUT2D eigenvalue weighted by atomic mass is 9.76. The molecule has 0 aromatic rings. The van der Waals surface area contributed by atoms with Crippen LogP contribution in [-0.4, -0.2) is 25.3 Å². The summed E-state index contributed by atoms with van der Waals surface area (Å²) in [4.78, 5) is 0. The molecule has 1 fully saturated rings. The van der Waals surface area contributed by atoms with Crippen LogP contribution in [0.3, 0.4) is 0 Å². The number of hydrogen-bond donors (Lipinski definition) is 1. The fourth-order valence-corrected chi connectivity index (χ4v) is 2.66. The predicted octanol–water partition coefficient (Wildman–Crippen LogP) is 3.22. The Hall–Kier alpha value is -0.0800. The molecule has 0 aromatic heterocycles. The Morgan fingerprint density at radius 2 is 1.94 bits per heavy atom. The molecule has 0 bridgehead atoms. The maximum absolute atomic E-state index is 5.62. The first-order chi connectivity index (χ1) is 7.71. The average molecular weight is 227 g/mol. The molecule has 2 unspecified atom stereocenters. The molecular weight excluding hydrogens is 198 g/mol. The van der Waals surface area contributed by atoms with Gasteiger partial charge in [0.1, 0.15) is 0 Å². The molecule has 1 aliphatic carbocycles. The van der Waals surface area contributed by atoms with E-state index >= 15 is 0 Å². The Labute approximate surface area is 101 Å². The van der Waals surface area contributed by atoms with E-state index in [0.29, 0.717) is 12.1 Å². The Bertz CT molecular complexity index is 178. The van der Waals surface area contributed by atoms with Crippen LogP contribution in [0.15, 0.2) is 0 Å². The number of ether oxygens (including phenoxy) is 1. The highest BCUT2D eigenvalue weighted by Gasteiger charge is 2.32. The molecule has 16 heavy (non-hydrogen) atoms. The average Bonchev–Trinajstić information content (AvgIpc) is 2.24. The second-order valence-electron chi connectivity index (χ2n) is 5.20. The molecule has 0 radical (unpaired) electrons. The second-order valence-corrected chi connectivity index (χ2v) is 5.20. The van der Waals surface area contributed by atoms with E-state index in [1.54, 1.807) is 0 Å². The van der Waals surface area contributed by atoms with Crippen molar-refractivity contribution in [2.75, 3.05) is 13.2 Å². The minimum atomic E-state index is 0.564. The van der Waals surface area contributed by atoms with E-state index in [0.717, 1.165) is 25.0 Å². The molecule has 1 N–H and O–H groups in total. The molecule has 1 rings (SSSR count). The minimum absolute atomic E-state index is 0.564. The molecule has 0 amide bonds. The molecule has 2 nitrogen and oxygen atoms in total. The molecule has 2 atom stereocenters. The quantitative estimate of drug-likeness (QED) is 0.687. The van der Waals surface area contributed by atoms with Crippen molar-refractivity contribution in [2.45, 2.75) is 65.5 Å². The smallest absolute Gasteiger partial charge is 0.0580 e. The van der Waals surface area contributed by atoms with Gasteiger partial charge in [-0.25, -0.2) is 0 Å². The molecule has 1 aliphatic rings. The van der Waals surface area contributed by atoms with Crippen molar-refractivity contribution in [1.29, 1.82) is 0 Å². The van der Waals surface area contributed by atoms with Gasteiger partial charge in [-0.1, -0.05) is 27.2 Å². The van der Waals surface area contributed by atoms with Gasteiger partial charge >= 0.3 is 0 Å². The van der Waals surface area contributed by atoms with Crippen molar-refractivity contribution in [3.8, 4) is 0 Å². The van der Waals surface area contributed by atoms with Gasteiger partial charge in [0, 0.05) is 12.6 Å². The first-order valence-electron chi connectivity index (χ1n) is 7.06. The van der Waals surface area contributed by atoms with Gasteiger partial charge in [0.2, 0.25) is 0 Å². The van der Waals surface area contributed by atoms with E-state index in [1.807, 2.05) is 0 Å². The van der Waals surface area contributed by atoms with Gasteiger partial charge in [0.05, 0.1) is 6.10 Å². The molecule has 0 spiro atoms. The summed E-state index contributed by atoms with van der Waals surface area (Å²) >= 11 is 0. The van der Waals surface area contributed by atoms with Crippen LogP contribution in [0.4, 0.5) is 0 Å². The van der Waals surface area contributed by atoms with E-state index in [9.17, 15) is 0 Å². The third-order valence-electron chi connectivity index (χ3n) is 3.98. The SMILES string of the molecule is CCNC(CC1CC(OCC)C1)C(C)CC. The molecular formula is C14H29NO. The first kappa shape index (κ1) is 14.0. The third-order valence-corrected chi connectivity index (χ3v) is 3.98. The summed E-state index contributed by atoms with van der Waals surface area (Å²) in [6.45, 7) is 10.9. The van der Waals surface area contributed by atoms with Crippen molar-refractivity contribution in [2.24, 2.45) is 11.8 Å². The highest BCUT2D eigenvalue weighted by atomic mass is 16.5. The van der Waals surface area contributed by atoms with E-state index in [-0.39, 0.29) is 0 Å². The molecule has 0 saturated heterocycles. The second kappa shape index (κ2) is 7.29. The fourth-order valence-electron chi connectivity index (χ4n) is 2.66. The van der Waals surface area contributed by atoms with Crippen LogP contribution in [0.5, 0.6) is 0 Å². The summed E-state index contributed by atoms with van der Waals surface area (Å²) < 4.78 is 5.62. The largest absolute Gasteiger partial charge is 0.378 e. The van der Waals surface area contributed by atoms with Gasteiger partial charge in [0.25, 0.3) is 0 Å². The maximum atomic E-state index is 5.62. The van der Waals surface area contributed by atoms with Crippen molar-refractivity contribution in [1.82, 2.24) is 5.32 Å². The molecule has 96 valence electrons. The Morgan fingerprint density at radius 1 is 1.25 bits per heavy atom. The topological polar surface area (TPSA) is 21.3 Å². The minimum Gasteiger partial charge on any atom is -0.378 e. The maximum Gasteiger partial charge on any atom is 0.0580 e.